The molecule has 1 aliphatic rings. The summed E-state index contributed by atoms with van der Waals surface area (Å²) in [5, 5.41) is 12.0. The number of halogens is 2. The van der Waals surface area contributed by atoms with E-state index < -0.39 is 0 Å². The van der Waals surface area contributed by atoms with Crippen molar-refractivity contribution < 1.29 is 9.60 Å². The number of nitrogens with two attached hydrogens (primary N) is 1. The van der Waals surface area contributed by atoms with Crippen molar-refractivity contribution in [2.75, 3.05) is 13.1 Å². The Labute approximate surface area is 126 Å². The van der Waals surface area contributed by atoms with Gasteiger partial charge in [-0.25, -0.2) is 4.39 Å². The van der Waals surface area contributed by atoms with Gasteiger partial charge in [-0.05, 0) is 53.5 Å². The van der Waals surface area contributed by atoms with Gasteiger partial charge < -0.3 is 10.9 Å². The van der Waals surface area contributed by atoms with Gasteiger partial charge in [-0.3, -0.25) is 4.90 Å². The lowest BCUT2D eigenvalue weighted by molar-refractivity contribution is 0.152. The molecule has 110 valence electrons. The highest BCUT2D eigenvalue weighted by molar-refractivity contribution is 9.10. The molecule has 4 nitrogen and oxygen atoms in total. The van der Waals surface area contributed by atoms with Crippen LogP contribution in [0.3, 0.4) is 0 Å². The van der Waals surface area contributed by atoms with Gasteiger partial charge in [-0.2, -0.15) is 0 Å². The van der Waals surface area contributed by atoms with E-state index in [4.69, 9.17) is 10.9 Å². The number of hydrogen-bond donors (Lipinski definition) is 2. The zero-order chi connectivity index (χ0) is 14.8. The smallest absolute Gasteiger partial charge is 0.145 e. The lowest BCUT2D eigenvalue weighted by atomic mass is 9.79. The van der Waals surface area contributed by atoms with Crippen LogP contribution in [0.1, 0.15) is 25.3 Å². The van der Waals surface area contributed by atoms with Crippen LogP contribution in [0.25, 0.3) is 0 Å². The van der Waals surface area contributed by atoms with Crippen LogP contribution in [0.15, 0.2) is 27.8 Å². The molecule has 1 aromatic carbocycles. The quantitative estimate of drug-likeness (QED) is 0.384. The molecule has 0 unspecified atom stereocenters. The van der Waals surface area contributed by atoms with Crippen molar-refractivity contribution in [1.82, 2.24) is 4.90 Å². The maximum Gasteiger partial charge on any atom is 0.145 e. The Kier molecular flexibility index (Phi) is 4.65. The van der Waals surface area contributed by atoms with Gasteiger partial charge in [-0.1, -0.05) is 24.2 Å². The number of oxime groups is 1. The first-order valence-corrected chi connectivity index (χ1v) is 7.39. The number of benzene rings is 1. The minimum absolute atomic E-state index is 0.235. The summed E-state index contributed by atoms with van der Waals surface area (Å²) in [5.74, 6) is 0.0603. The summed E-state index contributed by atoms with van der Waals surface area (Å²) in [6.07, 6.45) is 1.66. The van der Waals surface area contributed by atoms with Crippen molar-refractivity contribution >= 4 is 21.8 Å². The first-order chi connectivity index (χ1) is 9.46. The standard InChI is InChI=1S/C14H19BrFN3O/c1-14(13(17)18-20)5-7-19(8-6-14)9-10-3-2-4-11(16)12(10)15/h2-4,20H,5-9H2,1H3,(H2,17,18). The molecule has 1 saturated heterocycles. The van der Waals surface area contributed by atoms with Gasteiger partial charge >= 0.3 is 0 Å². The third-order valence-corrected chi connectivity index (χ3v) is 5.00. The molecule has 0 aromatic heterocycles. The molecule has 1 aromatic rings. The van der Waals surface area contributed by atoms with Gasteiger partial charge in [0, 0.05) is 12.0 Å². The Bertz CT molecular complexity index is 513. The van der Waals surface area contributed by atoms with Crippen molar-refractivity contribution in [1.29, 1.82) is 0 Å². The molecular formula is C14H19BrFN3O. The van der Waals surface area contributed by atoms with E-state index in [0.29, 0.717) is 16.9 Å². The molecule has 0 amide bonds. The zero-order valence-corrected chi connectivity index (χ0v) is 13.0. The fourth-order valence-corrected chi connectivity index (χ4v) is 2.88. The number of amidine groups is 1. The summed E-state index contributed by atoms with van der Waals surface area (Å²) >= 11 is 3.29. The van der Waals surface area contributed by atoms with E-state index in [1.165, 1.54) is 6.07 Å². The number of likely N-dealkylation sites (tertiary alicyclic amines) is 1. The zero-order valence-electron chi connectivity index (χ0n) is 11.4. The molecule has 0 radical (unpaired) electrons. The van der Waals surface area contributed by atoms with Crippen molar-refractivity contribution in [3.05, 3.63) is 34.1 Å². The second-order valence-electron chi connectivity index (χ2n) is 5.53. The molecule has 0 saturated carbocycles. The SMILES string of the molecule is CC1(/C(N)=N/O)CCN(Cc2cccc(F)c2Br)CC1. The molecule has 1 fully saturated rings. The highest BCUT2D eigenvalue weighted by atomic mass is 79.9. The molecule has 0 bridgehead atoms. The largest absolute Gasteiger partial charge is 0.409 e. The molecule has 0 spiro atoms. The predicted octanol–water partition coefficient (Wildman–Crippen LogP) is 2.94. The van der Waals surface area contributed by atoms with E-state index >= 15 is 0 Å². The lowest BCUT2D eigenvalue weighted by Crippen LogP contribution is -2.45. The summed E-state index contributed by atoms with van der Waals surface area (Å²) in [7, 11) is 0. The van der Waals surface area contributed by atoms with Crippen LogP contribution in [-0.2, 0) is 6.54 Å². The van der Waals surface area contributed by atoms with Gasteiger partial charge in [0.1, 0.15) is 11.7 Å². The first kappa shape index (κ1) is 15.3. The van der Waals surface area contributed by atoms with E-state index in [2.05, 4.69) is 26.0 Å². The average molecular weight is 344 g/mol. The Balaban J connectivity index is 2.00. The van der Waals surface area contributed by atoms with Gasteiger partial charge in [0.05, 0.1) is 4.47 Å². The van der Waals surface area contributed by atoms with E-state index in [-0.39, 0.29) is 11.2 Å². The van der Waals surface area contributed by atoms with E-state index in [1.807, 2.05) is 13.0 Å². The number of hydrogen-bond acceptors (Lipinski definition) is 3. The van der Waals surface area contributed by atoms with Crippen LogP contribution < -0.4 is 5.73 Å². The fourth-order valence-electron chi connectivity index (χ4n) is 2.49. The van der Waals surface area contributed by atoms with Crippen molar-refractivity contribution in [2.24, 2.45) is 16.3 Å². The van der Waals surface area contributed by atoms with Gasteiger partial charge in [-0.15, -0.1) is 0 Å². The molecule has 20 heavy (non-hydrogen) atoms. The van der Waals surface area contributed by atoms with Crippen LogP contribution in [0.4, 0.5) is 4.39 Å². The van der Waals surface area contributed by atoms with Crippen molar-refractivity contribution in [3.63, 3.8) is 0 Å². The second kappa shape index (κ2) is 6.10. The molecule has 1 heterocycles. The van der Waals surface area contributed by atoms with Crippen LogP contribution in [-0.4, -0.2) is 29.0 Å². The first-order valence-electron chi connectivity index (χ1n) is 6.59. The van der Waals surface area contributed by atoms with E-state index in [1.54, 1.807) is 6.07 Å². The van der Waals surface area contributed by atoms with Gasteiger partial charge in [0.2, 0.25) is 0 Å². The highest BCUT2D eigenvalue weighted by Crippen LogP contribution is 2.32. The monoisotopic (exact) mass is 343 g/mol. The van der Waals surface area contributed by atoms with Crippen molar-refractivity contribution in [2.45, 2.75) is 26.3 Å². The summed E-state index contributed by atoms with van der Waals surface area (Å²) in [5.41, 5.74) is 6.44. The third kappa shape index (κ3) is 3.12. The molecule has 0 atom stereocenters. The summed E-state index contributed by atoms with van der Waals surface area (Å²) < 4.78 is 14.0. The molecule has 6 heteroatoms. The lowest BCUT2D eigenvalue weighted by Gasteiger charge is -2.38. The Morgan fingerprint density at radius 1 is 1.50 bits per heavy atom. The number of nitrogens with zero attached hydrogens (tertiary/aromatic N) is 2. The Hall–Kier alpha value is -1.14. The molecule has 2 rings (SSSR count). The maximum absolute atomic E-state index is 13.5. The molecule has 3 N–H and O–H groups in total. The van der Waals surface area contributed by atoms with Gasteiger partial charge in [0.25, 0.3) is 0 Å². The minimum Gasteiger partial charge on any atom is -0.409 e. The van der Waals surface area contributed by atoms with E-state index in [0.717, 1.165) is 31.5 Å². The molecule has 1 aliphatic heterocycles. The van der Waals surface area contributed by atoms with Crippen LogP contribution in [0.2, 0.25) is 0 Å². The second-order valence-corrected chi connectivity index (χ2v) is 6.33. The van der Waals surface area contributed by atoms with Crippen LogP contribution >= 0.6 is 15.9 Å². The van der Waals surface area contributed by atoms with E-state index in [9.17, 15) is 4.39 Å². The van der Waals surface area contributed by atoms with Crippen LogP contribution in [0, 0.1) is 11.2 Å². The summed E-state index contributed by atoms with van der Waals surface area (Å²) in [6, 6.07) is 5.09. The third-order valence-electron chi connectivity index (χ3n) is 4.11. The van der Waals surface area contributed by atoms with Crippen LogP contribution in [0.5, 0.6) is 0 Å². The highest BCUT2D eigenvalue weighted by Gasteiger charge is 2.34. The Morgan fingerprint density at radius 3 is 2.75 bits per heavy atom. The topological polar surface area (TPSA) is 61.9 Å². The normalized spacial score (nSPS) is 20.1. The minimum atomic E-state index is -0.246. The summed E-state index contributed by atoms with van der Waals surface area (Å²) in [4.78, 5) is 2.26. The predicted molar refractivity (Wildman–Crippen MR) is 80.1 cm³/mol. The van der Waals surface area contributed by atoms with Crippen molar-refractivity contribution in [3.8, 4) is 0 Å². The Morgan fingerprint density at radius 2 is 2.15 bits per heavy atom. The average Bonchev–Trinajstić information content (AvgIpc) is 2.45. The number of rotatable bonds is 3. The molecule has 0 aliphatic carbocycles. The molecular weight excluding hydrogens is 325 g/mol. The van der Waals surface area contributed by atoms with Gasteiger partial charge in [0.15, 0.2) is 0 Å². The number of piperidine rings is 1. The fraction of sp³-hybridized carbons (Fsp3) is 0.500. The summed E-state index contributed by atoms with van der Waals surface area (Å²) in [6.45, 7) is 4.40. The maximum atomic E-state index is 13.5.